The lowest BCUT2D eigenvalue weighted by Gasteiger charge is -2.20. The van der Waals surface area contributed by atoms with Crippen LogP contribution in [-0.2, 0) is 30.8 Å². The largest absolute Gasteiger partial charge is 0.497 e. The third kappa shape index (κ3) is 5.75. The Hall–Kier alpha value is -3.56. The van der Waals surface area contributed by atoms with E-state index in [0.717, 1.165) is 54.7 Å². The Morgan fingerprint density at radius 3 is 2.86 bits per heavy atom. The predicted octanol–water partition coefficient (Wildman–Crippen LogP) is 1.53. The predicted molar refractivity (Wildman–Crippen MR) is 131 cm³/mol. The van der Waals surface area contributed by atoms with Crippen molar-refractivity contribution in [1.82, 2.24) is 25.2 Å². The highest BCUT2D eigenvalue weighted by Gasteiger charge is 2.22. The Balaban J connectivity index is 1.38. The smallest absolute Gasteiger partial charge is 0.257 e. The van der Waals surface area contributed by atoms with Crippen molar-refractivity contribution < 1.29 is 14.4 Å². The summed E-state index contributed by atoms with van der Waals surface area (Å²) in [5.41, 5.74) is 2.69. The second-order valence-electron chi connectivity index (χ2n) is 9.08. The van der Waals surface area contributed by atoms with Crippen LogP contribution in [0.15, 0.2) is 59.4 Å². The fourth-order valence-corrected chi connectivity index (χ4v) is 4.65. The van der Waals surface area contributed by atoms with Gasteiger partial charge in [0.15, 0.2) is 0 Å². The first-order chi connectivity index (χ1) is 17.2. The number of nitrogens with one attached hydrogen (secondary N) is 2. The van der Waals surface area contributed by atoms with E-state index in [1.165, 1.54) is 10.5 Å². The molecular formula is C26H31N6O3+. The summed E-state index contributed by atoms with van der Waals surface area (Å²) < 4.78 is 12.9. The minimum absolute atomic E-state index is 0.0816. The lowest BCUT2D eigenvalue weighted by molar-refractivity contribution is -0.928. The summed E-state index contributed by atoms with van der Waals surface area (Å²) in [6.45, 7) is 3.49. The molecule has 2 atom stereocenters. The Kier molecular flexibility index (Phi) is 7.15. The minimum Gasteiger partial charge on any atom is -0.497 e. The Bertz CT molecular complexity index is 1310. The molecule has 9 heteroatoms. The van der Waals surface area contributed by atoms with E-state index in [1.54, 1.807) is 7.11 Å². The summed E-state index contributed by atoms with van der Waals surface area (Å²) in [6.07, 6.45) is 3.16. The van der Waals surface area contributed by atoms with Crippen molar-refractivity contribution >= 4 is 10.9 Å². The van der Waals surface area contributed by atoms with Crippen molar-refractivity contribution in [3.05, 3.63) is 81.9 Å². The number of methoxy groups -OCH3 is 1. The van der Waals surface area contributed by atoms with Crippen molar-refractivity contribution in [3.8, 4) is 5.75 Å². The lowest BCUT2D eigenvalue weighted by atomic mass is 10.1. The van der Waals surface area contributed by atoms with Crippen LogP contribution in [0.4, 0.5) is 0 Å². The summed E-state index contributed by atoms with van der Waals surface area (Å²) in [7, 11) is 1.62. The van der Waals surface area contributed by atoms with Gasteiger partial charge in [0.05, 0.1) is 37.4 Å². The quantitative estimate of drug-likeness (QED) is 0.361. The van der Waals surface area contributed by atoms with Crippen LogP contribution in [0, 0.1) is 0 Å². The normalized spacial score (nSPS) is 16.5. The number of benzene rings is 2. The molecule has 0 radical (unpaired) electrons. The van der Waals surface area contributed by atoms with Gasteiger partial charge in [-0.3, -0.25) is 4.79 Å². The number of ether oxygens (including phenoxy) is 2. The van der Waals surface area contributed by atoms with E-state index in [-0.39, 0.29) is 11.7 Å². The number of fused-ring (bicyclic) bond motifs is 1. The van der Waals surface area contributed by atoms with Crippen LogP contribution < -0.4 is 15.2 Å². The van der Waals surface area contributed by atoms with Crippen molar-refractivity contribution in [2.45, 2.75) is 45.0 Å². The molecule has 1 fully saturated rings. The third-order valence-electron chi connectivity index (χ3n) is 6.60. The molecule has 0 amide bonds. The van der Waals surface area contributed by atoms with Gasteiger partial charge in [-0.25, -0.2) is 4.68 Å². The van der Waals surface area contributed by atoms with Crippen LogP contribution >= 0.6 is 0 Å². The van der Waals surface area contributed by atoms with Gasteiger partial charge in [-0.05, 0) is 52.4 Å². The van der Waals surface area contributed by atoms with Gasteiger partial charge in [-0.15, -0.1) is 5.10 Å². The number of nitrogens with zero attached hydrogens (tertiary/aromatic N) is 4. The number of pyridine rings is 1. The fourth-order valence-electron chi connectivity index (χ4n) is 4.65. The molecule has 0 aliphatic carbocycles. The summed E-state index contributed by atoms with van der Waals surface area (Å²) >= 11 is 0. The van der Waals surface area contributed by atoms with Gasteiger partial charge in [0.2, 0.25) is 5.82 Å². The SMILES string of the molecule is COc1ccc2cc(C[NH+](CCc3ccccc3)Cc3nnnn3C[C@H]3CCCO3)c(=O)[nH]c2c1. The Labute approximate surface area is 203 Å². The van der Waals surface area contributed by atoms with Gasteiger partial charge in [-0.1, -0.05) is 30.3 Å². The first kappa shape index (κ1) is 23.2. The van der Waals surface area contributed by atoms with Crippen molar-refractivity contribution in [2.24, 2.45) is 0 Å². The molecule has 9 nitrogen and oxygen atoms in total. The number of quaternary nitrogens is 1. The number of tetrazole rings is 1. The van der Waals surface area contributed by atoms with Gasteiger partial charge in [-0.2, -0.15) is 0 Å². The Morgan fingerprint density at radius 1 is 1.17 bits per heavy atom. The van der Waals surface area contributed by atoms with Crippen molar-refractivity contribution in [1.29, 1.82) is 0 Å². The third-order valence-corrected chi connectivity index (χ3v) is 6.60. The molecule has 1 unspecified atom stereocenters. The average Bonchev–Trinajstić information content (AvgIpc) is 3.56. The number of hydrogen-bond donors (Lipinski definition) is 2. The van der Waals surface area contributed by atoms with Gasteiger partial charge in [0.1, 0.15) is 18.8 Å². The zero-order valence-corrected chi connectivity index (χ0v) is 19.9. The number of aromatic amines is 1. The highest BCUT2D eigenvalue weighted by molar-refractivity contribution is 5.80. The number of aromatic nitrogens is 5. The van der Waals surface area contributed by atoms with Gasteiger partial charge < -0.3 is 19.4 Å². The molecule has 2 aromatic heterocycles. The standard InChI is InChI=1S/C26H30N6O3/c1-34-22-10-9-20-14-21(26(33)27-24(20)15-22)16-31(12-11-19-6-3-2-4-7-19)18-25-28-29-30-32(25)17-23-8-5-13-35-23/h2-4,6-7,9-10,14-15,23H,5,8,11-13,16-18H2,1H3,(H,27,33)/p+1/t23-/m1/s1. The maximum atomic E-state index is 13.0. The van der Waals surface area contributed by atoms with E-state index in [2.05, 4.69) is 44.8 Å². The van der Waals surface area contributed by atoms with Crippen LogP contribution in [0.1, 0.15) is 29.8 Å². The second-order valence-corrected chi connectivity index (χ2v) is 9.08. The maximum Gasteiger partial charge on any atom is 0.257 e. The van der Waals surface area contributed by atoms with Crippen LogP contribution in [-0.4, -0.2) is 51.6 Å². The summed E-state index contributed by atoms with van der Waals surface area (Å²) in [4.78, 5) is 17.2. The molecular weight excluding hydrogens is 444 g/mol. The average molecular weight is 476 g/mol. The number of H-pyrrole nitrogens is 1. The molecule has 1 saturated heterocycles. The molecule has 2 N–H and O–H groups in total. The molecule has 5 rings (SSSR count). The van der Waals surface area contributed by atoms with Crippen LogP contribution in [0.25, 0.3) is 10.9 Å². The van der Waals surface area contributed by atoms with E-state index in [4.69, 9.17) is 9.47 Å². The molecule has 0 bridgehead atoms. The topological polar surface area (TPSA) is 99.4 Å². The summed E-state index contributed by atoms with van der Waals surface area (Å²) in [5, 5.41) is 13.4. The monoisotopic (exact) mass is 475 g/mol. The molecule has 182 valence electrons. The van der Waals surface area contributed by atoms with E-state index < -0.39 is 0 Å². The van der Waals surface area contributed by atoms with Gasteiger partial charge >= 0.3 is 0 Å². The van der Waals surface area contributed by atoms with E-state index in [1.807, 2.05) is 35.0 Å². The molecule has 0 spiro atoms. The number of hydrogen-bond acceptors (Lipinski definition) is 6. The minimum atomic E-state index is -0.0816. The first-order valence-corrected chi connectivity index (χ1v) is 12.1. The van der Waals surface area contributed by atoms with E-state index >= 15 is 0 Å². The highest BCUT2D eigenvalue weighted by Crippen LogP contribution is 2.18. The molecule has 4 aromatic rings. The lowest BCUT2D eigenvalue weighted by Crippen LogP contribution is -3.10. The highest BCUT2D eigenvalue weighted by atomic mass is 16.5. The van der Waals surface area contributed by atoms with Crippen molar-refractivity contribution in [2.75, 3.05) is 20.3 Å². The zero-order chi connectivity index (χ0) is 24.0. The molecule has 1 aliphatic heterocycles. The first-order valence-electron chi connectivity index (χ1n) is 12.1. The van der Waals surface area contributed by atoms with E-state index in [0.29, 0.717) is 25.4 Å². The van der Waals surface area contributed by atoms with Crippen LogP contribution in [0.5, 0.6) is 5.75 Å². The second kappa shape index (κ2) is 10.8. The Morgan fingerprint density at radius 2 is 2.06 bits per heavy atom. The molecule has 3 heterocycles. The van der Waals surface area contributed by atoms with Crippen molar-refractivity contribution in [3.63, 3.8) is 0 Å². The van der Waals surface area contributed by atoms with E-state index in [9.17, 15) is 4.79 Å². The molecule has 2 aromatic carbocycles. The molecule has 35 heavy (non-hydrogen) atoms. The van der Waals surface area contributed by atoms with Gasteiger partial charge in [0.25, 0.3) is 5.56 Å². The zero-order valence-electron chi connectivity index (χ0n) is 19.9. The van der Waals surface area contributed by atoms with Crippen LogP contribution in [0.3, 0.4) is 0 Å². The van der Waals surface area contributed by atoms with Crippen LogP contribution in [0.2, 0.25) is 0 Å². The fraction of sp³-hybridized carbons (Fsp3) is 0.385. The summed E-state index contributed by atoms with van der Waals surface area (Å²) in [5.74, 6) is 1.53. The van der Waals surface area contributed by atoms with Gasteiger partial charge in [0, 0.05) is 19.1 Å². The maximum absolute atomic E-state index is 13.0. The number of rotatable bonds is 10. The summed E-state index contributed by atoms with van der Waals surface area (Å²) in [6, 6.07) is 18.1. The molecule has 1 aliphatic rings. The molecule has 0 saturated carbocycles.